The van der Waals surface area contributed by atoms with Gasteiger partial charge in [0.05, 0.1) is 0 Å². The molecule has 0 saturated carbocycles. The van der Waals surface area contributed by atoms with E-state index in [1.807, 2.05) is 12.1 Å². The number of hydrogen-bond donors (Lipinski definition) is 2. The maximum Gasteiger partial charge on any atom is 0.277 e. The highest BCUT2D eigenvalue weighted by Crippen LogP contribution is 2.11. The maximum absolute atomic E-state index is 11.4. The third kappa shape index (κ3) is 3.12. The second kappa shape index (κ2) is 5.07. The topological polar surface area (TPSA) is 61.5 Å². The molecule has 0 spiro atoms. The molecule has 6 heteroatoms. The van der Waals surface area contributed by atoms with Gasteiger partial charge in [0.2, 0.25) is 0 Å². The Morgan fingerprint density at radius 2 is 1.94 bits per heavy atom. The van der Waals surface area contributed by atoms with E-state index < -0.39 is 0 Å². The maximum atomic E-state index is 11.4. The fraction of sp³-hybridized carbons (Fsp3) is 0. The molecule has 1 aromatic carbocycles. The smallest absolute Gasteiger partial charge is 0.277 e. The average molecular weight is 266 g/mol. The van der Waals surface area contributed by atoms with Crippen LogP contribution in [0.2, 0.25) is 5.02 Å². The molecule has 0 atom stereocenters. The van der Waals surface area contributed by atoms with E-state index in [-0.39, 0.29) is 16.0 Å². The van der Waals surface area contributed by atoms with E-state index in [2.05, 4.69) is 15.2 Å². The molecule has 2 rings (SSSR count). The normalized spacial score (nSPS) is 10.9. The molecule has 0 aliphatic rings. The van der Waals surface area contributed by atoms with Crippen LogP contribution in [0.1, 0.15) is 11.3 Å². The van der Waals surface area contributed by atoms with Gasteiger partial charge in [-0.2, -0.15) is 5.10 Å². The molecule has 0 amide bonds. The van der Waals surface area contributed by atoms with Gasteiger partial charge in [0, 0.05) is 5.02 Å². The van der Waals surface area contributed by atoms with Crippen LogP contribution >= 0.6 is 23.8 Å². The number of nitrogens with zero attached hydrogens (tertiary/aromatic N) is 1. The number of halogens is 1. The van der Waals surface area contributed by atoms with Crippen LogP contribution < -0.4 is 5.56 Å². The van der Waals surface area contributed by atoms with Crippen molar-refractivity contribution >= 4 is 36.0 Å². The lowest BCUT2D eigenvalue weighted by Crippen LogP contribution is -2.12. The largest absolute Gasteiger partial charge is 0.296 e. The minimum Gasteiger partial charge on any atom is -0.296 e. The predicted molar refractivity (Wildman–Crippen MR) is 70.4 cm³/mol. The average Bonchev–Trinajstić information content (AvgIpc) is 2.30. The Bertz CT molecular complexity index is 657. The number of benzene rings is 1. The van der Waals surface area contributed by atoms with Gasteiger partial charge in [0.15, 0.2) is 4.77 Å². The first-order valence-electron chi connectivity index (χ1n) is 4.78. The molecular formula is C11H8ClN3OS. The van der Waals surface area contributed by atoms with Gasteiger partial charge in [0.25, 0.3) is 5.56 Å². The molecule has 0 unspecified atom stereocenters. The lowest BCUT2D eigenvalue weighted by molar-refractivity contribution is 0.912. The van der Waals surface area contributed by atoms with Crippen LogP contribution in [0.15, 0.2) is 29.1 Å². The van der Waals surface area contributed by atoms with Crippen LogP contribution in [0.5, 0.6) is 0 Å². The molecule has 0 fully saturated rings. The van der Waals surface area contributed by atoms with Gasteiger partial charge in [-0.05, 0) is 36.0 Å². The van der Waals surface area contributed by atoms with Gasteiger partial charge in [0.1, 0.15) is 5.69 Å². The van der Waals surface area contributed by atoms with E-state index in [4.69, 9.17) is 23.8 Å². The van der Waals surface area contributed by atoms with E-state index in [0.717, 1.165) is 5.56 Å². The van der Waals surface area contributed by atoms with Crippen molar-refractivity contribution in [3.63, 3.8) is 0 Å². The van der Waals surface area contributed by atoms with E-state index in [9.17, 15) is 4.79 Å². The minimum absolute atomic E-state index is 0.207. The van der Waals surface area contributed by atoms with Crippen LogP contribution in [0.25, 0.3) is 12.2 Å². The van der Waals surface area contributed by atoms with E-state index in [0.29, 0.717) is 5.02 Å². The molecule has 2 aromatic rings. The first-order valence-corrected chi connectivity index (χ1v) is 5.56. The molecule has 17 heavy (non-hydrogen) atoms. The van der Waals surface area contributed by atoms with Crippen LogP contribution in [-0.4, -0.2) is 15.2 Å². The Labute approximate surface area is 107 Å². The van der Waals surface area contributed by atoms with Crippen molar-refractivity contribution in [2.75, 3.05) is 0 Å². The minimum atomic E-state index is -0.320. The van der Waals surface area contributed by atoms with Gasteiger partial charge in [-0.15, -0.1) is 0 Å². The fourth-order valence-corrected chi connectivity index (χ4v) is 1.48. The van der Waals surface area contributed by atoms with Crippen molar-refractivity contribution in [3.05, 3.63) is 55.7 Å². The van der Waals surface area contributed by atoms with E-state index >= 15 is 0 Å². The summed E-state index contributed by atoms with van der Waals surface area (Å²) in [7, 11) is 0. The van der Waals surface area contributed by atoms with Gasteiger partial charge in [-0.1, -0.05) is 29.8 Å². The number of rotatable bonds is 2. The van der Waals surface area contributed by atoms with Crippen molar-refractivity contribution in [3.8, 4) is 0 Å². The first kappa shape index (κ1) is 11.8. The Kier molecular flexibility index (Phi) is 3.51. The predicted octanol–water partition coefficient (Wildman–Crippen LogP) is 2.65. The highest BCUT2D eigenvalue weighted by atomic mass is 35.5. The monoisotopic (exact) mass is 265 g/mol. The van der Waals surface area contributed by atoms with Crippen molar-refractivity contribution in [2.45, 2.75) is 0 Å². The summed E-state index contributed by atoms with van der Waals surface area (Å²) in [5, 5.41) is 7.02. The zero-order valence-electron chi connectivity index (χ0n) is 8.61. The third-order valence-corrected chi connectivity index (χ3v) is 2.49. The third-order valence-electron chi connectivity index (χ3n) is 2.04. The van der Waals surface area contributed by atoms with Gasteiger partial charge < -0.3 is 0 Å². The molecule has 4 nitrogen and oxygen atoms in total. The first-order chi connectivity index (χ1) is 8.15. The zero-order valence-corrected chi connectivity index (χ0v) is 10.2. The zero-order chi connectivity index (χ0) is 12.3. The highest BCUT2D eigenvalue weighted by molar-refractivity contribution is 7.71. The van der Waals surface area contributed by atoms with Crippen LogP contribution in [0.3, 0.4) is 0 Å². The van der Waals surface area contributed by atoms with Crippen LogP contribution in [0, 0.1) is 4.77 Å². The molecule has 0 aliphatic heterocycles. The standard InChI is InChI=1S/C11H8ClN3OS/c12-8-4-1-7(2-5-8)3-6-9-10(16)13-11(17)15-14-9/h1-6H,(H2,13,15,16,17)/b6-3+. The van der Waals surface area contributed by atoms with Crippen molar-refractivity contribution in [1.29, 1.82) is 0 Å². The molecule has 86 valence electrons. The summed E-state index contributed by atoms with van der Waals surface area (Å²) in [6, 6.07) is 7.24. The number of nitrogens with one attached hydrogen (secondary N) is 2. The molecule has 0 saturated heterocycles. The van der Waals surface area contributed by atoms with Crippen LogP contribution in [0.4, 0.5) is 0 Å². The Hall–Kier alpha value is -1.72. The molecule has 1 aromatic heterocycles. The Morgan fingerprint density at radius 1 is 1.24 bits per heavy atom. The Morgan fingerprint density at radius 3 is 2.59 bits per heavy atom. The van der Waals surface area contributed by atoms with Gasteiger partial charge >= 0.3 is 0 Å². The van der Waals surface area contributed by atoms with Crippen molar-refractivity contribution in [2.24, 2.45) is 0 Å². The van der Waals surface area contributed by atoms with Gasteiger partial charge in [-0.25, -0.2) is 0 Å². The second-order valence-electron chi connectivity index (χ2n) is 3.28. The van der Waals surface area contributed by atoms with Crippen molar-refractivity contribution in [1.82, 2.24) is 15.2 Å². The van der Waals surface area contributed by atoms with E-state index in [1.165, 1.54) is 0 Å². The summed E-state index contributed by atoms with van der Waals surface area (Å²) >= 11 is 10.5. The summed E-state index contributed by atoms with van der Waals surface area (Å²) in [6.07, 6.45) is 3.37. The van der Waals surface area contributed by atoms with Gasteiger partial charge in [-0.3, -0.25) is 14.9 Å². The summed E-state index contributed by atoms with van der Waals surface area (Å²) in [6.45, 7) is 0. The summed E-state index contributed by atoms with van der Waals surface area (Å²) < 4.78 is 0.207. The molecule has 1 heterocycles. The number of hydrogen-bond acceptors (Lipinski definition) is 3. The lowest BCUT2D eigenvalue weighted by atomic mass is 10.2. The van der Waals surface area contributed by atoms with E-state index in [1.54, 1.807) is 24.3 Å². The fourth-order valence-electron chi connectivity index (χ4n) is 1.22. The number of H-pyrrole nitrogens is 2. The SMILES string of the molecule is O=c1[nH]c(=S)[nH]nc1/C=C/c1ccc(Cl)cc1. The lowest BCUT2D eigenvalue weighted by Gasteiger charge is -1.93. The summed E-state index contributed by atoms with van der Waals surface area (Å²) in [5.74, 6) is 0. The second-order valence-corrected chi connectivity index (χ2v) is 4.12. The number of aromatic amines is 2. The molecular weight excluding hydrogens is 258 g/mol. The summed E-state index contributed by atoms with van der Waals surface area (Å²) in [5.41, 5.74) is 0.880. The molecule has 0 aliphatic carbocycles. The highest BCUT2D eigenvalue weighted by Gasteiger charge is 1.95. The Balaban J connectivity index is 2.29. The van der Waals surface area contributed by atoms with Crippen molar-refractivity contribution < 1.29 is 0 Å². The molecule has 0 bridgehead atoms. The molecule has 2 N–H and O–H groups in total. The quantitative estimate of drug-likeness (QED) is 0.821. The molecule has 0 radical (unpaired) electrons. The van der Waals surface area contributed by atoms with Crippen LogP contribution in [-0.2, 0) is 0 Å². The summed E-state index contributed by atoms with van der Waals surface area (Å²) in [4.78, 5) is 13.9. The number of aromatic nitrogens is 3.